The minimum atomic E-state index is 0.682. The van der Waals surface area contributed by atoms with Gasteiger partial charge in [0.25, 0.3) is 0 Å². The average Bonchev–Trinajstić information content (AvgIpc) is 2.66. The molecule has 1 aliphatic rings. The quantitative estimate of drug-likeness (QED) is 0.520. The zero-order valence-electron chi connectivity index (χ0n) is 16.5. The van der Waals surface area contributed by atoms with E-state index in [0.29, 0.717) is 19.1 Å². The molecule has 0 unspecified atom stereocenters. The predicted molar refractivity (Wildman–Crippen MR) is 107 cm³/mol. The van der Waals surface area contributed by atoms with Gasteiger partial charge in [0.15, 0.2) is 5.96 Å². The molecule has 1 aromatic carbocycles. The van der Waals surface area contributed by atoms with E-state index in [0.717, 1.165) is 63.1 Å². The monoisotopic (exact) mass is 362 g/mol. The third kappa shape index (κ3) is 7.62. The van der Waals surface area contributed by atoms with Crippen molar-refractivity contribution in [1.29, 1.82) is 0 Å². The third-order valence-electron chi connectivity index (χ3n) is 4.43. The molecule has 0 amide bonds. The largest absolute Gasteiger partial charge is 0.492 e. The van der Waals surface area contributed by atoms with Gasteiger partial charge in [-0.2, -0.15) is 0 Å². The van der Waals surface area contributed by atoms with Crippen molar-refractivity contribution in [2.24, 2.45) is 10.9 Å². The molecular weight excluding hydrogens is 328 g/mol. The Morgan fingerprint density at radius 2 is 2.00 bits per heavy atom. The summed E-state index contributed by atoms with van der Waals surface area (Å²) in [6.07, 6.45) is 1.13. The van der Waals surface area contributed by atoms with Gasteiger partial charge in [0, 0.05) is 45.3 Å². The van der Waals surface area contributed by atoms with Gasteiger partial charge in [-0.05, 0) is 18.4 Å². The van der Waals surface area contributed by atoms with Crippen LogP contribution in [0.15, 0.2) is 29.3 Å². The number of morpholine rings is 1. The summed E-state index contributed by atoms with van der Waals surface area (Å²) in [6, 6.07) is 8.19. The summed E-state index contributed by atoms with van der Waals surface area (Å²) in [4.78, 5) is 6.67. The van der Waals surface area contributed by atoms with E-state index in [2.05, 4.69) is 40.4 Å². The standard InChI is InChI=1S/C20H34N4O2/c1-17(2)8-9-22-20(21-3)23-16-18-6-4-5-7-19(18)26-15-12-24-10-13-25-14-11-24/h4-7,17H,8-16H2,1-3H3,(H2,21,22,23). The fourth-order valence-electron chi connectivity index (χ4n) is 2.78. The van der Waals surface area contributed by atoms with Crippen molar-refractivity contribution in [1.82, 2.24) is 15.5 Å². The second-order valence-electron chi connectivity index (χ2n) is 6.95. The van der Waals surface area contributed by atoms with Crippen molar-refractivity contribution < 1.29 is 9.47 Å². The smallest absolute Gasteiger partial charge is 0.191 e. The fraction of sp³-hybridized carbons (Fsp3) is 0.650. The molecule has 0 aliphatic carbocycles. The molecule has 1 aromatic rings. The fourth-order valence-corrected chi connectivity index (χ4v) is 2.78. The highest BCUT2D eigenvalue weighted by molar-refractivity contribution is 5.79. The van der Waals surface area contributed by atoms with Crippen molar-refractivity contribution >= 4 is 5.96 Å². The number of guanidine groups is 1. The minimum absolute atomic E-state index is 0.682. The summed E-state index contributed by atoms with van der Waals surface area (Å²) in [7, 11) is 1.80. The molecule has 6 heteroatoms. The number of aliphatic imine (C=N–C) groups is 1. The zero-order valence-corrected chi connectivity index (χ0v) is 16.5. The highest BCUT2D eigenvalue weighted by atomic mass is 16.5. The molecule has 1 aliphatic heterocycles. The number of benzene rings is 1. The molecule has 1 saturated heterocycles. The van der Waals surface area contributed by atoms with Gasteiger partial charge in [-0.15, -0.1) is 0 Å². The molecule has 0 radical (unpaired) electrons. The van der Waals surface area contributed by atoms with Crippen molar-refractivity contribution in [3.8, 4) is 5.75 Å². The molecule has 146 valence electrons. The van der Waals surface area contributed by atoms with Gasteiger partial charge < -0.3 is 20.1 Å². The van der Waals surface area contributed by atoms with Crippen LogP contribution in [0.25, 0.3) is 0 Å². The normalized spacial score (nSPS) is 15.9. The molecule has 6 nitrogen and oxygen atoms in total. The number of nitrogens with zero attached hydrogens (tertiary/aromatic N) is 2. The number of hydrogen-bond acceptors (Lipinski definition) is 4. The molecule has 0 bridgehead atoms. The molecule has 2 rings (SSSR count). The Morgan fingerprint density at radius 3 is 2.73 bits per heavy atom. The van der Waals surface area contributed by atoms with Gasteiger partial charge in [-0.3, -0.25) is 9.89 Å². The summed E-state index contributed by atoms with van der Waals surface area (Å²) in [5.41, 5.74) is 1.14. The molecule has 0 saturated carbocycles. The van der Waals surface area contributed by atoms with Gasteiger partial charge in [0.2, 0.25) is 0 Å². The lowest BCUT2D eigenvalue weighted by molar-refractivity contribution is 0.0322. The van der Waals surface area contributed by atoms with Crippen molar-refractivity contribution in [3.63, 3.8) is 0 Å². The first-order valence-corrected chi connectivity index (χ1v) is 9.64. The highest BCUT2D eigenvalue weighted by Crippen LogP contribution is 2.17. The van der Waals surface area contributed by atoms with Crippen LogP contribution in [0.4, 0.5) is 0 Å². The summed E-state index contributed by atoms with van der Waals surface area (Å²) in [6.45, 7) is 11.3. The van der Waals surface area contributed by atoms with Crippen molar-refractivity contribution in [2.75, 3.05) is 53.0 Å². The number of nitrogens with one attached hydrogen (secondary N) is 2. The van der Waals surface area contributed by atoms with Gasteiger partial charge in [0.05, 0.1) is 13.2 Å². The molecule has 1 fully saturated rings. The molecule has 0 atom stereocenters. The lowest BCUT2D eigenvalue weighted by Crippen LogP contribution is -2.39. The van der Waals surface area contributed by atoms with E-state index in [1.165, 1.54) is 0 Å². The van der Waals surface area contributed by atoms with Crippen molar-refractivity contribution in [2.45, 2.75) is 26.8 Å². The van der Waals surface area contributed by atoms with Gasteiger partial charge in [0.1, 0.15) is 12.4 Å². The maximum absolute atomic E-state index is 6.04. The van der Waals surface area contributed by atoms with E-state index in [-0.39, 0.29) is 0 Å². The maximum Gasteiger partial charge on any atom is 0.191 e. The molecule has 26 heavy (non-hydrogen) atoms. The van der Waals surface area contributed by atoms with E-state index >= 15 is 0 Å². The summed E-state index contributed by atoms with van der Waals surface area (Å²) >= 11 is 0. The Kier molecular flexibility index (Phi) is 9.28. The number of hydrogen-bond donors (Lipinski definition) is 2. The maximum atomic E-state index is 6.04. The van der Waals surface area contributed by atoms with E-state index in [1.54, 1.807) is 7.05 Å². The van der Waals surface area contributed by atoms with E-state index < -0.39 is 0 Å². The van der Waals surface area contributed by atoms with Gasteiger partial charge in [-0.1, -0.05) is 32.0 Å². The Labute approximate surface area is 158 Å². The third-order valence-corrected chi connectivity index (χ3v) is 4.43. The highest BCUT2D eigenvalue weighted by Gasteiger charge is 2.10. The van der Waals surface area contributed by atoms with E-state index in [9.17, 15) is 0 Å². The second-order valence-corrected chi connectivity index (χ2v) is 6.95. The van der Waals surface area contributed by atoms with Crippen LogP contribution in [0, 0.1) is 5.92 Å². The van der Waals surface area contributed by atoms with Crippen LogP contribution in [0.3, 0.4) is 0 Å². The van der Waals surface area contributed by atoms with Gasteiger partial charge >= 0.3 is 0 Å². The van der Waals surface area contributed by atoms with E-state index in [1.807, 2.05) is 18.2 Å². The number of para-hydroxylation sites is 1. The predicted octanol–water partition coefficient (Wildman–Crippen LogP) is 2.11. The number of rotatable bonds is 9. The van der Waals surface area contributed by atoms with Crippen molar-refractivity contribution in [3.05, 3.63) is 29.8 Å². The van der Waals surface area contributed by atoms with Crippen LogP contribution in [0.2, 0.25) is 0 Å². The SMILES string of the molecule is CN=C(NCCC(C)C)NCc1ccccc1OCCN1CCOCC1. The number of ether oxygens (including phenoxy) is 2. The summed E-state index contributed by atoms with van der Waals surface area (Å²) in [5, 5.41) is 6.73. The van der Waals surface area contributed by atoms with Crippen LogP contribution in [-0.4, -0.2) is 63.9 Å². The van der Waals surface area contributed by atoms with Crippen LogP contribution in [-0.2, 0) is 11.3 Å². The first kappa shape index (κ1) is 20.5. The van der Waals surface area contributed by atoms with Crippen LogP contribution >= 0.6 is 0 Å². The molecule has 0 aromatic heterocycles. The van der Waals surface area contributed by atoms with Gasteiger partial charge in [-0.25, -0.2) is 0 Å². The Balaban J connectivity index is 1.77. The summed E-state index contributed by atoms with van der Waals surface area (Å²) < 4.78 is 11.4. The zero-order chi connectivity index (χ0) is 18.6. The average molecular weight is 363 g/mol. The Bertz CT molecular complexity index is 542. The van der Waals surface area contributed by atoms with E-state index in [4.69, 9.17) is 9.47 Å². The molecule has 0 spiro atoms. The Morgan fingerprint density at radius 1 is 1.23 bits per heavy atom. The first-order valence-electron chi connectivity index (χ1n) is 9.64. The first-order chi connectivity index (χ1) is 12.7. The second kappa shape index (κ2) is 11.8. The molecule has 1 heterocycles. The summed E-state index contributed by atoms with van der Waals surface area (Å²) in [5.74, 6) is 2.45. The van der Waals surface area contributed by atoms with Crippen LogP contribution in [0.1, 0.15) is 25.8 Å². The Hall–Kier alpha value is -1.79. The van der Waals surface area contributed by atoms with Crippen LogP contribution < -0.4 is 15.4 Å². The molecular formula is C20H34N4O2. The lowest BCUT2D eigenvalue weighted by Gasteiger charge is -2.26. The minimum Gasteiger partial charge on any atom is -0.492 e. The molecule has 2 N–H and O–H groups in total. The lowest BCUT2D eigenvalue weighted by atomic mass is 10.1. The topological polar surface area (TPSA) is 58.1 Å². The van der Waals surface area contributed by atoms with Crippen LogP contribution in [0.5, 0.6) is 5.75 Å².